The SMILES string of the molecule is C[Si](C)(C)C1=C2CCCC2CC[C@H]2CCCC(=O)[C@@H]12. The quantitative estimate of drug-likeness (QED) is 0.632. The molecule has 0 bridgehead atoms. The first-order valence-electron chi connectivity index (χ1n) is 8.24. The van der Waals surface area contributed by atoms with Crippen LogP contribution in [0.15, 0.2) is 10.8 Å². The van der Waals surface area contributed by atoms with Gasteiger partial charge < -0.3 is 0 Å². The molecule has 0 amide bonds. The Morgan fingerprint density at radius 2 is 1.68 bits per heavy atom. The van der Waals surface area contributed by atoms with E-state index in [-0.39, 0.29) is 0 Å². The first-order valence-corrected chi connectivity index (χ1v) is 11.7. The van der Waals surface area contributed by atoms with Gasteiger partial charge in [-0.1, -0.05) is 30.4 Å². The molecule has 0 aromatic heterocycles. The lowest BCUT2D eigenvalue weighted by molar-refractivity contribution is -0.125. The van der Waals surface area contributed by atoms with Crippen LogP contribution in [0.25, 0.3) is 0 Å². The van der Waals surface area contributed by atoms with Crippen LogP contribution in [0.4, 0.5) is 0 Å². The van der Waals surface area contributed by atoms with Gasteiger partial charge in [-0.25, -0.2) is 0 Å². The van der Waals surface area contributed by atoms with E-state index in [0.29, 0.717) is 17.6 Å². The number of Topliss-reactive ketones (excluding diaryl/α,β-unsaturated/α-hetero) is 1. The highest BCUT2D eigenvalue weighted by atomic mass is 28.3. The average molecular weight is 276 g/mol. The molecule has 3 aliphatic carbocycles. The van der Waals surface area contributed by atoms with E-state index in [4.69, 9.17) is 0 Å². The number of carbonyl (C=O) groups is 1. The van der Waals surface area contributed by atoms with Gasteiger partial charge in [0.25, 0.3) is 0 Å². The highest BCUT2D eigenvalue weighted by molar-refractivity contribution is 6.83. The fraction of sp³-hybridized carbons (Fsp3) is 0.824. The van der Waals surface area contributed by atoms with E-state index in [2.05, 4.69) is 19.6 Å². The lowest BCUT2D eigenvalue weighted by Crippen LogP contribution is -2.39. The molecule has 0 aliphatic heterocycles. The number of ketones is 1. The predicted octanol–water partition coefficient (Wildman–Crippen LogP) is 4.74. The van der Waals surface area contributed by atoms with Gasteiger partial charge in [0, 0.05) is 12.3 Å². The summed E-state index contributed by atoms with van der Waals surface area (Å²) in [6, 6.07) is 0. The summed E-state index contributed by atoms with van der Waals surface area (Å²) in [6.45, 7) is 7.40. The number of rotatable bonds is 1. The molecule has 0 N–H and O–H groups in total. The van der Waals surface area contributed by atoms with Gasteiger partial charge in [-0.15, -0.1) is 0 Å². The Balaban J connectivity index is 2.09. The molecule has 1 unspecified atom stereocenters. The largest absolute Gasteiger partial charge is 0.299 e. The Bertz CT molecular complexity index is 415. The van der Waals surface area contributed by atoms with Gasteiger partial charge in [0.2, 0.25) is 0 Å². The second-order valence-electron chi connectivity index (χ2n) is 7.95. The molecule has 1 nitrogen and oxygen atoms in total. The van der Waals surface area contributed by atoms with E-state index in [1.807, 2.05) is 0 Å². The molecule has 0 aromatic rings. The first-order chi connectivity index (χ1) is 8.98. The first kappa shape index (κ1) is 13.6. The summed E-state index contributed by atoms with van der Waals surface area (Å²) in [4.78, 5) is 12.6. The molecule has 19 heavy (non-hydrogen) atoms. The van der Waals surface area contributed by atoms with Gasteiger partial charge in [0.1, 0.15) is 5.78 Å². The van der Waals surface area contributed by atoms with Crippen LogP contribution in [0.3, 0.4) is 0 Å². The fourth-order valence-corrected chi connectivity index (χ4v) is 7.61. The van der Waals surface area contributed by atoms with E-state index >= 15 is 0 Å². The molecule has 0 heterocycles. The number of carbonyl (C=O) groups excluding carboxylic acids is 1. The van der Waals surface area contributed by atoms with Gasteiger partial charge in [-0.3, -0.25) is 4.79 Å². The summed E-state index contributed by atoms with van der Waals surface area (Å²) in [5, 5.41) is 1.71. The van der Waals surface area contributed by atoms with E-state index in [1.54, 1.807) is 10.8 Å². The van der Waals surface area contributed by atoms with Crippen molar-refractivity contribution in [2.75, 3.05) is 0 Å². The Morgan fingerprint density at radius 3 is 2.42 bits per heavy atom. The maximum absolute atomic E-state index is 12.6. The van der Waals surface area contributed by atoms with Gasteiger partial charge in [-0.2, -0.15) is 0 Å². The molecular formula is C17H28OSi. The van der Waals surface area contributed by atoms with E-state index in [9.17, 15) is 4.79 Å². The van der Waals surface area contributed by atoms with Crippen molar-refractivity contribution in [1.29, 1.82) is 0 Å². The van der Waals surface area contributed by atoms with E-state index in [0.717, 1.165) is 18.8 Å². The number of hydrogen-bond acceptors (Lipinski definition) is 1. The van der Waals surface area contributed by atoms with E-state index in [1.165, 1.54) is 38.5 Å². The van der Waals surface area contributed by atoms with Crippen molar-refractivity contribution >= 4 is 13.9 Å². The maximum Gasteiger partial charge on any atom is 0.139 e. The monoisotopic (exact) mass is 276 g/mol. The van der Waals surface area contributed by atoms with Crippen LogP contribution < -0.4 is 0 Å². The van der Waals surface area contributed by atoms with Crippen LogP contribution in [0.5, 0.6) is 0 Å². The van der Waals surface area contributed by atoms with Crippen LogP contribution in [-0.4, -0.2) is 13.9 Å². The minimum atomic E-state index is -1.37. The van der Waals surface area contributed by atoms with Crippen molar-refractivity contribution in [3.05, 3.63) is 10.8 Å². The smallest absolute Gasteiger partial charge is 0.139 e. The summed E-state index contributed by atoms with van der Waals surface area (Å²) < 4.78 is 0. The van der Waals surface area contributed by atoms with Gasteiger partial charge in [-0.05, 0) is 56.8 Å². The maximum atomic E-state index is 12.6. The normalized spacial score (nSPS) is 35.9. The van der Waals surface area contributed by atoms with Crippen molar-refractivity contribution < 1.29 is 4.79 Å². The molecule has 3 rings (SSSR count). The molecule has 2 heteroatoms. The molecule has 0 saturated heterocycles. The zero-order chi connectivity index (χ0) is 13.6. The van der Waals surface area contributed by atoms with Crippen molar-refractivity contribution in [2.24, 2.45) is 17.8 Å². The zero-order valence-electron chi connectivity index (χ0n) is 12.8. The lowest BCUT2D eigenvalue weighted by Gasteiger charge is -2.37. The van der Waals surface area contributed by atoms with Gasteiger partial charge in [0.15, 0.2) is 0 Å². The number of allylic oxidation sites excluding steroid dienone is 2. The van der Waals surface area contributed by atoms with Crippen LogP contribution in [0, 0.1) is 17.8 Å². The van der Waals surface area contributed by atoms with Crippen LogP contribution in [0.1, 0.15) is 51.4 Å². The highest BCUT2D eigenvalue weighted by Gasteiger charge is 2.44. The molecule has 3 atom stereocenters. The fourth-order valence-electron chi connectivity index (χ4n) is 4.98. The van der Waals surface area contributed by atoms with Gasteiger partial charge >= 0.3 is 0 Å². The molecular weight excluding hydrogens is 248 g/mol. The molecule has 106 valence electrons. The third-order valence-corrected chi connectivity index (χ3v) is 7.91. The van der Waals surface area contributed by atoms with Gasteiger partial charge in [0.05, 0.1) is 8.07 Å². The Kier molecular flexibility index (Phi) is 3.49. The molecule has 2 saturated carbocycles. The second kappa shape index (κ2) is 4.87. The lowest BCUT2D eigenvalue weighted by atomic mass is 9.76. The van der Waals surface area contributed by atoms with Crippen molar-refractivity contribution in [3.63, 3.8) is 0 Å². The number of hydrogen-bond donors (Lipinski definition) is 0. The number of fused-ring (bicyclic) bond motifs is 2. The summed E-state index contributed by atoms with van der Waals surface area (Å²) in [7, 11) is -1.37. The molecule has 0 radical (unpaired) electrons. The summed E-state index contributed by atoms with van der Waals surface area (Å²) in [5.41, 5.74) is 1.77. The van der Waals surface area contributed by atoms with Crippen LogP contribution >= 0.6 is 0 Å². The second-order valence-corrected chi connectivity index (χ2v) is 13.0. The third-order valence-electron chi connectivity index (χ3n) is 5.66. The molecule has 0 aromatic carbocycles. The third kappa shape index (κ3) is 2.37. The summed E-state index contributed by atoms with van der Waals surface area (Å²) in [5.74, 6) is 2.48. The standard InChI is InChI=1S/C17H28OSi/c1-19(2,3)17-14-8-4-6-12(14)10-11-13-7-5-9-15(18)16(13)17/h12-13,16H,4-11H2,1-3H3/t12?,13-,16+/m1/s1. The molecule has 3 aliphatic rings. The Hall–Kier alpha value is -0.373. The van der Waals surface area contributed by atoms with Crippen LogP contribution in [-0.2, 0) is 4.79 Å². The molecule has 0 spiro atoms. The molecule has 2 fully saturated rings. The van der Waals surface area contributed by atoms with Crippen molar-refractivity contribution in [2.45, 2.75) is 71.0 Å². The van der Waals surface area contributed by atoms with Crippen molar-refractivity contribution in [1.82, 2.24) is 0 Å². The van der Waals surface area contributed by atoms with E-state index < -0.39 is 8.07 Å². The topological polar surface area (TPSA) is 17.1 Å². The minimum Gasteiger partial charge on any atom is -0.299 e. The minimum absolute atomic E-state index is 0.346. The van der Waals surface area contributed by atoms with Crippen LogP contribution in [0.2, 0.25) is 19.6 Å². The predicted molar refractivity (Wildman–Crippen MR) is 82.8 cm³/mol. The summed E-state index contributed by atoms with van der Waals surface area (Å²) >= 11 is 0. The summed E-state index contributed by atoms with van der Waals surface area (Å²) in [6.07, 6.45) is 10.1. The zero-order valence-corrected chi connectivity index (χ0v) is 13.8. The average Bonchev–Trinajstić information content (AvgIpc) is 2.70. The Morgan fingerprint density at radius 1 is 0.947 bits per heavy atom. The Labute approximate surface area is 118 Å². The van der Waals surface area contributed by atoms with Crippen molar-refractivity contribution in [3.8, 4) is 0 Å². The highest BCUT2D eigenvalue weighted by Crippen LogP contribution is 2.49.